The minimum atomic E-state index is -0.865. The third-order valence-electron chi connectivity index (χ3n) is 6.01. The van der Waals surface area contributed by atoms with E-state index in [1.165, 1.54) is 0 Å². The molecule has 2 aliphatic heterocycles. The number of nitrogens with zero attached hydrogens (tertiary/aromatic N) is 1. The van der Waals surface area contributed by atoms with Gasteiger partial charge < -0.3 is 19.5 Å². The van der Waals surface area contributed by atoms with Gasteiger partial charge in [0, 0.05) is 25.6 Å². The highest BCUT2D eigenvalue weighted by atomic mass is 16.5. The Bertz CT molecular complexity index is 895. The van der Waals surface area contributed by atoms with E-state index in [1.54, 1.807) is 12.0 Å². The van der Waals surface area contributed by atoms with E-state index in [9.17, 15) is 14.7 Å². The van der Waals surface area contributed by atoms with Crippen LogP contribution in [0.2, 0.25) is 0 Å². The molecule has 0 aliphatic carbocycles. The summed E-state index contributed by atoms with van der Waals surface area (Å²) in [5.41, 5.74) is 0.0579. The maximum atomic E-state index is 13.0. The molecule has 2 aliphatic rings. The number of carboxylic acid groups (broad SMARTS) is 1. The van der Waals surface area contributed by atoms with E-state index in [0.29, 0.717) is 26.2 Å². The molecule has 6 heteroatoms. The molecule has 0 unspecified atom stereocenters. The van der Waals surface area contributed by atoms with Gasteiger partial charge >= 0.3 is 5.97 Å². The van der Waals surface area contributed by atoms with Gasteiger partial charge in [-0.25, -0.2) is 0 Å². The number of fused-ring (bicyclic) bond motifs is 2. The number of amides is 1. The first-order valence-electron chi connectivity index (χ1n) is 9.18. The van der Waals surface area contributed by atoms with E-state index in [2.05, 4.69) is 0 Å². The fourth-order valence-corrected chi connectivity index (χ4v) is 4.36. The standard InChI is InChI=1S/C21H23NO5/c1-26-17-6-5-14-3-2-4-15(18(14)10-17)9-19(23)22-11-16-12-27-8-7-21(16,13-22)20(24)25/h2-6,10,16H,7-9,11-13H2,1H3,(H,24,25)/t16-,21+/m0/s1. The first kappa shape index (κ1) is 17.8. The number of hydrogen-bond donors (Lipinski definition) is 1. The van der Waals surface area contributed by atoms with E-state index >= 15 is 0 Å². The molecule has 0 bridgehead atoms. The van der Waals surface area contributed by atoms with E-state index in [-0.39, 0.29) is 24.8 Å². The SMILES string of the molecule is COc1ccc2cccc(CC(=O)N3C[C@H]4COCC[C@@]4(C(=O)O)C3)c2c1. The zero-order valence-corrected chi connectivity index (χ0v) is 15.3. The van der Waals surface area contributed by atoms with Crippen LogP contribution in [0.25, 0.3) is 10.8 Å². The van der Waals surface area contributed by atoms with Crippen molar-refractivity contribution in [2.75, 3.05) is 33.4 Å². The molecular weight excluding hydrogens is 346 g/mol. The molecule has 2 saturated heterocycles. The quantitative estimate of drug-likeness (QED) is 0.895. The number of carbonyl (C=O) groups is 2. The van der Waals surface area contributed by atoms with E-state index in [1.807, 2.05) is 36.4 Å². The molecule has 2 fully saturated rings. The topological polar surface area (TPSA) is 76.1 Å². The number of carbonyl (C=O) groups excluding carboxylic acids is 1. The third-order valence-corrected chi connectivity index (χ3v) is 6.01. The van der Waals surface area contributed by atoms with Gasteiger partial charge in [-0.2, -0.15) is 0 Å². The molecule has 2 atom stereocenters. The van der Waals surface area contributed by atoms with Crippen LogP contribution in [0.1, 0.15) is 12.0 Å². The van der Waals surface area contributed by atoms with Crippen molar-refractivity contribution in [1.82, 2.24) is 4.90 Å². The molecule has 6 nitrogen and oxygen atoms in total. The van der Waals surface area contributed by atoms with Crippen molar-refractivity contribution in [1.29, 1.82) is 0 Å². The van der Waals surface area contributed by atoms with Crippen LogP contribution in [0.4, 0.5) is 0 Å². The van der Waals surface area contributed by atoms with Crippen LogP contribution >= 0.6 is 0 Å². The normalized spacial score (nSPS) is 24.6. The van der Waals surface area contributed by atoms with E-state index < -0.39 is 11.4 Å². The molecule has 2 heterocycles. The molecule has 2 aromatic carbocycles. The molecule has 0 radical (unpaired) electrons. The number of carboxylic acids is 1. The van der Waals surface area contributed by atoms with Gasteiger partial charge in [-0.3, -0.25) is 9.59 Å². The lowest BCUT2D eigenvalue weighted by atomic mass is 9.74. The number of hydrogen-bond acceptors (Lipinski definition) is 4. The summed E-state index contributed by atoms with van der Waals surface area (Å²) in [4.78, 5) is 26.6. The first-order chi connectivity index (χ1) is 13.0. The van der Waals surface area contributed by atoms with Crippen LogP contribution in [0.3, 0.4) is 0 Å². The lowest BCUT2D eigenvalue weighted by molar-refractivity contribution is -0.157. The van der Waals surface area contributed by atoms with Gasteiger partial charge in [-0.05, 0) is 34.9 Å². The van der Waals surface area contributed by atoms with Crippen molar-refractivity contribution in [3.05, 3.63) is 42.0 Å². The summed E-state index contributed by atoms with van der Waals surface area (Å²) in [6.07, 6.45) is 0.704. The summed E-state index contributed by atoms with van der Waals surface area (Å²) in [7, 11) is 1.62. The van der Waals surface area contributed by atoms with Gasteiger partial charge in [0.2, 0.25) is 5.91 Å². The van der Waals surface area contributed by atoms with Crippen molar-refractivity contribution >= 4 is 22.6 Å². The molecule has 1 amide bonds. The number of methoxy groups -OCH3 is 1. The van der Waals surface area contributed by atoms with Gasteiger partial charge in [0.1, 0.15) is 5.75 Å². The molecule has 0 saturated carbocycles. The van der Waals surface area contributed by atoms with Crippen molar-refractivity contribution in [3.8, 4) is 5.75 Å². The number of ether oxygens (including phenoxy) is 2. The van der Waals surface area contributed by atoms with E-state index in [4.69, 9.17) is 9.47 Å². The highest BCUT2D eigenvalue weighted by Crippen LogP contribution is 2.42. The van der Waals surface area contributed by atoms with Gasteiger partial charge in [-0.15, -0.1) is 0 Å². The summed E-state index contributed by atoms with van der Waals surface area (Å²) < 4.78 is 10.8. The molecule has 1 N–H and O–H groups in total. The average molecular weight is 369 g/mol. The van der Waals surface area contributed by atoms with Crippen molar-refractivity contribution in [2.45, 2.75) is 12.8 Å². The molecule has 2 aromatic rings. The fraction of sp³-hybridized carbons (Fsp3) is 0.429. The third kappa shape index (κ3) is 3.04. The van der Waals surface area contributed by atoms with Crippen molar-refractivity contribution in [3.63, 3.8) is 0 Å². The van der Waals surface area contributed by atoms with Crippen LogP contribution in [-0.4, -0.2) is 55.3 Å². The predicted octanol–water partition coefficient (Wildman–Crippen LogP) is 2.34. The Balaban J connectivity index is 1.58. The second-order valence-corrected chi connectivity index (χ2v) is 7.44. The van der Waals surface area contributed by atoms with E-state index in [0.717, 1.165) is 22.1 Å². The second kappa shape index (κ2) is 6.85. The summed E-state index contributed by atoms with van der Waals surface area (Å²) in [5.74, 6) is -0.252. The van der Waals surface area contributed by atoms with Crippen molar-refractivity contribution < 1.29 is 24.2 Å². The fourth-order valence-electron chi connectivity index (χ4n) is 4.36. The number of aliphatic carboxylic acids is 1. The number of rotatable bonds is 4. The van der Waals surface area contributed by atoms with Crippen LogP contribution in [0, 0.1) is 11.3 Å². The molecule has 4 rings (SSSR count). The highest BCUT2D eigenvalue weighted by Gasteiger charge is 2.54. The Morgan fingerprint density at radius 1 is 1.33 bits per heavy atom. The van der Waals surface area contributed by atoms with Gasteiger partial charge in [0.15, 0.2) is 0 Å². The monoisotopic (exact) mass is 369 g/mol. The maximum Gasteiger partial charge on any atom is 0.311 e. The molecule has 0 aromatic heterocycles. The second-order valence-electron chi connectivity index (χ2n) is 7.44. The minimum absolute atomic E-state index is 0.0413. The van der Waals surface area contributed by atoms with Gasteiger partial charge in [0.05, 0.1) is 25.6 Å². The largest absolute Gasteiger partial charge is 0.497 e. The van der Waals surface area contributed by atoms with Gasteiger partial charge in [-0.1, -0.05) is 24.3 Å². The Hall–Kier alpha value is -2.60. The smallest absolute Gasteiger partial charge is 0.311 e. The van der Waals surface area contributed by atoms with Crippen LogP contribution in [0.15, 0.2) is 36.4 Å². The lowest BCUT2D eigenvalue weighted by Crippen LogP contribution is -2.45. The highest BCUT2D eigenvalue weighted by molar-refractivity contribution is 5.91. The minimum Gasteiger partial charge on any atom is -0.497 e. The Labute approximate surface area is 157 Å². The molecule has 27 heavy (non-hydrogen) atoms. The average Bonchev–Trinajstić information content (AvgIpc) is 3.09. The molecule has 142 valence electrons. The molecular formula is C21H23NO5. The number of likely N-dealkylation sites (tertiary alicyclic amines) is 1. The van der Waals surface area contributed by atoms with Crippen LogP contribution in [-0.2, 0) is 20.7 Å². The summed E-state index contributed by atoms with van der Waals surface area (Å²) in [6, 6.07) is 11.7. The molecule has 0 spiro atoms. The zero-order chi connectivity index (χ0) is 19.0. The zero-order valence-electron chi connectivity index (χ0n) is 15.3. The maximum absolute atomic E-state index is 13.0. The number of benzene rings is 2. The Morgan fingerprint density at radius 3 is 2.93 bits per heavy atom. The van der Waals surface area contributed by atoms with Crippen LogP contribution in [0.5, 0.6) is 5.75 Å². The Morgan fingerprint density at radius 2 is 2.19 bits per heavy atom. The van der Waals surface area contributed by atoms with Gasteiger partial charge in [0.25, 0.3) is 0 Å². The first-order valence-corrected chi connectivity index (χ1v) is 9.18. The van der Waals surface area contributed by atoms with Crippen LogP contribution < -0.4 is 4.74 Å². The summed E-state index contributed by atoms with van der Waals surface area (Å²) >= 11 is 0. The summed E-state index contributed by atoms with van der Waals surface area (Å²) in [5, 5.41) is 11.8. The predicted molar refractivity (Wildman–Crippen MR) is 99.8 cm³/mol. The summed E-state index contributed by atoms with van der Waals surface area (Å²) in [6.45, 7) is 1.55. The lowest BCUT2D eigenvalue weighted by Gasteiger charge is -2.33. The Kier molecular flexibility index (Phi) is 4.52. The van der Waals surface area contributed by atoms with Crippen molar-refractivity contribution in [2.24, 2.45) is 11.3 Å².